The molecule has 17 heavy (non-hydrogen) atoms. The van der Waals surface area contributed by atoms with Crippen molar-refractivity contribution in [3.05, 3.63) is 16.3 Å². The Bertz CT molecular complexity index is 598. The second-order valence-electron chi connectivity index (χ2n) is 5.21. The monoisotopic (exact) mass is 245 g/mol. The molecule has 0 aliphatic heterocycles. The molecule has 2 N–H and O–H groups in total. The minimum atomic E-state index is 0.713. The molecule has 3 nitrogen and oxygen atoms in total. The molecule has 2 aromatic heterocycles. The molecule has 1 saturated carbocycles. The number of hydrogen-bond acceptors (Lipinski definition) is 4. The third-order valence-corrected chi connectivity index (χ3v) is 4.99. The van der Waals surface area contributed by atoms with Gasteiger partial charge in [-0.3, -0.25) is 0 Å². The molecule has 88 valence electrons. The molecule has 0 bridgehead atoms. The van der Waals surface area contributed by atoms with Crippen LogP contribution in [-0.2, 0) is 19.3 Å². The second kappa shape index (κ2) is 3.42. The van der Waals surface area contributed by atoms with Crippen molar-refractivity contribution >= 4 is 27.4 Å². The summed E-state index contributed by atoms with van der Waals surface area (Å²) < 4.78 is 0. The fraction of sp³-hybridized carbons (Fsp3) is 0.538. The molecule has 2 aliphatic rings. The van der Waals surface area contributed by atoms with Gasteiger partial charge in [0, 0.05) is 11.3 Å². The van der Waals surface area contributed by atoms with Crippen LogP contribution < -0.4 is 5.73 Å². The molecule has 0 radical (unpaired) electrons. The molecule has 0 unspecified atom stereocenters. The third kappa shape index (κ3) is 1.54. The van der Waals surface area contributed by atoms with E-state index in [9.17, 15) is 0 Å². The normalized spacial score (nSPS) is 18.8. The number of nitrogen functional groups attached to an aromatic ring is 1. The van der Waals surface area contributed by atoms with Gasteiger partial charge < -0.3 is 5.73 Å². The largest absolute Gasteiger partial charge is 0.383 e. The average Bonchev–Trinajstić information content (AvgIpc) is 2.85. The Morgan fingerprint density at radius 3 is 2.94 bits per heavy atom. The molecule has 0 amide bonds. The van der Waals surface area contributed by atoms with Gasteiger partial charge in [0.15, 0.2) is 0 Å². The van der Waals surface area contributed by atoms with Gasteiger partial charge in [-0.15, -0.1) is 11.3 Å². The highest BCUT2D eigenvalue weighted by molar-refractivity contribution is 7.19. The summed E-state index contributed by atoms with van der Waals surface area (Å²) in [5.74, 6) is 2.49. The highest BCUT2D eigenvalue weighted by atomic mass is 32.1. The Morgan fingerprint density at radius 2 is 2.12 bits per heavy atom. The van der Waals surface area contributed by atoms with Gasteiger partial charge in [-0.05, 0) is 43.6 Å². The van der Waals surface area contributed by atoms with E-state index in [0.29, 0.717) is 5.82 Å². The first kappa shape index (κ1) is 9.83. The summed E-state index contributed by atoms with van der Waals surface area (Å²) in [5.41, 5.74) is 7.56. The molecular weight excluding hydrogens is 230 g/mol. The summed E-state index contributed by atoms with van der Waals surface area (Å²) in [5, 5.41) is 1.15. The Balaban J connectivity index is 1.87. The van der Waals surface area contributed by atoms with E-state index < -0.39 is 0 Å². The van der Waals surface area contributed by atoms with Crippen molar-refractivity contribution in [1.82, 2.24) is 9.97 Å². The Morgan fingerprint density at radius 1 is 1.24 bits per heavy atom. The number of anilines is 1. The summed E-state index contributed by atoms with van der Waals surface area (Å²) in [6, 6.07) is 0. The van der Waals surface area contributed by atoms with Crippen LogP contribution in [0.15, 0.2) is 0 Å². The van der Waals surface area contributed by atoms with Crippen molar-refractivity contribution in [3.8, 4) is 0 Å². The van der Waals surface area contributed by atoms with Gasteiger partial charge in [-0.2, -0.15) is 0 Å². The van der Waals surface area contributed by atoms with Crippen LogP contribution >= 0.6 is 11.3 Å². The first-order valence-electron chi connectivity index (χ1n) is 6.38. The number of rotatable bonds is 2. The highest BCUT2D eigenvalue weighted by Crippen LogP contribution is 2.39. The van der Waals surface area contributed by atoms with E-state index >= 15 is 0 Å². The fourth-order valence-corrected chi connectivity index (χ4v) is 4.03. The van der Waals surface area contributed by atoms with Crippen molar-refractivity contribution in [1.29, 1.82) is 0 Å². The van der Waals surface area contributed by atoms with Crippen LogP contribution in [0.2, 0.25) is 0 Å². The summed E-state index contributed by atoms with van der Waals surface area (Å²) in [7, 11) is 0. The van der Waals surface area contributed by atoms with Crippen LogP contribution in [-0.4, -0.2) is 9.97 Å². The zero-order valence-corrected chi connectivity index (χ0v) is 10.5. The van der Waals surface area contributed by atoms with Crippen molar-refractivity contribution in [2.24, 2.45) is 5.92 Å². The van der Waals surface area contributed by atoms with E-state index in [4.69, 9.17) is 10.7 Å². The molecule has 2 aliphatic carbocycles. The zero-order chi connectivity index (χ0) is 11.4. The zero-order valence-electron chi connectivity index (χ0n) is 9.70. The minimum absolute atomic E-state index is 0.713. The average molecular weight is 245 g/mol. The molecule has 1 fully saturated rings. The van der Waals surface area contributed by atoms with Gasteiger partial charge in [0.05, 0.1) is 5.39 Å². The molecule has 4 heteroatoms. The molecule has 2 heterocycles. The lowest BCUT2D eigenvalue weighted by Crippen LogP contribution is -2.01. The molecule has 2 aromatic rings. The lowest BCUT2D eigenvalue weighted by atomic mass is 10.2. The molecule has 4 rings (SSSR count). The van der Waals surface area contributed by atoms with E-state index in [-0.39, 0.29) is 0 Å². The quantitative estimate of drug-likeness (QED) is 0.885. The summed E-state index contributed by atoms with van der Waals surface area (Å²) in [6.45, 7) is 0. The Hall–Kier alpha value is -1.16. The van der Waals surface area contributed by atoms with Gasteiger partial charge in [-0.25, -0.2) is 9.97 Å². The Kier molecular flexibility index (Phi) is 1.98. The predicted octanol–water partition coefficient (Wildman–Crippen LogP) is 2.71. The number of aromatic nitrogens is 2. The second-order valence-corrected chi connectivity index (χ2v) is 6.29. The smallest absolute Gasteiger partial charge is 0.136 e. The van der Waals surface area contributed by atoms with Crippen LogP contribution in [0, 0.1) is 5.92 Å². The predicted molar refractivity (Wildman–Crippen MR) is 70.3 cm³/mol. The van der Waals surface area contributed by atoms with Crippen molar-refractivity contribution in [2.75, 3.05) is 5.73 Å². The standard InChI is InChI=1S/C13H15N3S/c14-12-11-8-2-1-3-9(8)17-13(11)16-10(15-12)6-7-4-5-7/h7H,1-6H2,(H2,14,15,16). The molecule has 0 saturated heterocycles. The van der Waals surface area contributed by atoms with Crippen LogP contribution in [0.25, 0.3) is 10.2 Å². The van der Waals surface area contributed by atoms with Crippen molar-refractivity contribution < 1.29 is 0 Å². The number of fused-ring (bicyclic) bond motifs is 3. The highest BCUT2D eigenvalue weighted by Gasteiger charge is 2.25. The van der Waals surface area contributed by atoms with E-state index in [1.165, 1.54) is 36.1 Å². The number of nitrogens with zero attached hydrogens (tertiary/aromatic N) is 2. The molecule has 0 atom stereocenters. The first-order chi connectivity index (χ1) is 8.31. The number of thiophene rings is 1. The maximum Gasteiger partial charge on any atom is 0.136 e. The lowest BCUT2D eigenvalue weighted by molar-refractivity contribution is 0.778. The van der Waals surface area contributed by atoms with Crippen LogP contribution in [0.1, 0.15) is 35.5 Å². The van der Waals surface area contributed by atoms with E-state index in [0.717, 1.165) is 34.8 Å². The number of hydrogen-bond donors (Lipinski definition) is 1. The topological polar surface area (TPSA) is 51.8 Å². The van der Waals surface area contributed by atoms with E-state index in [1.54, 1.807) is 0 Å². The fourth-order valence-electron chi connectivity index (χ4n) is 2.74. The molecule has 0 aromatic carbocycles. The van der Waals surface area contributed by atoms with E-state index in [1.807, 2.05) is 11.3 Å². The lowest BCUT2D eigenvalue weighted by Gasteiger charge is -2.02. The van der Waals surface area contributed by atoms with Gasteiger partial charge in [0.25, 0.3) is 0 Å². The van der Waals surface area contributed by atoms with E-state index in [2.05, 4.69) is 4.98 Å². The van der Waals surface area contributed by atoms with Crippen molar-refractivity contribution in [2.45, 2.75) is 38.5 Å². The van der Waals surface area contributed by atoms with Crippen LogP contribution in [0.5, 0.6) is 0 Å². The number of aryl methyl sites for hydroxylation is 2. The van der Waals surface area contributed by atoms with Gasteiger partial charge in [-0.1, -0.05) is 0 Å². The molecular formula is C13H15N3S. The summed E-state index contributed by atoms with van der Waals surface area (Å²) >= 11 is 1.83. The SMILES string of the molecule is Nc1nc(CC2CC2)nc2sc3c(c12)CCC3. The third-order valence-electron chi connectivity index (χ3n) is 3.81. The van der Waals surface area contributed by atoms with Gasteiger partial charge in [0.1, 0.15) is 16.5 Å². The first-order valence-corrected chi connectivity index (χ1v) is 7.19. The van der Waals surface area contributed by atoms with Crippen LogP contribution in [0.3, 0.4) is 0 Å². The van der Waals surface area contributed by atoms with Crippen LogP contribution in [0.4, 0.5) is 5.82 Å². The minimum Gasteiger partial charge on any atom is -0.383 e. The van der Waals surface area contributed by atoms with Gasteiger partial charge in [0.2, 0.25) is 0 Å². The summed E-state index contributed by atoms with van der Waals surface area (Å²) in [6.07, 6.45) is 7.31. The van der Waals surface area contributed by atoms with Crippen molar-refractivity contribution in [3.63, 3.8) is 0 Å². The van der Waals surface area contributed by atoms with Gasteiger partial charge >= 0.3 is 0 Å². The Labute approximate surface area is 104 Å². The maximum atomic E-state index is 6.13. The molecule has 0 spiro atoms. The maximum absolute atomic E-state index is 6.13. The number of nitrogens with two attached hydrogens (primary N) is 1. The summed E-state index contributed by atoms with van der Waals surface area (Å²) in [4.78, 5) is 11.8.